The molecule has 1 rings (SSSR count). The lowest BCUT2D eigenvalue weighted by Gasteiger charge is -2.24. The first-order valence-electron chi connectivity index (χ1n) is 7.50. The largest absolute Gasteiger partial charge is 0.366 e. The molecule has 0 heterocycles. The molecule has 3 N–H and O–H groups in total. The molecule has 0 aromatic heterocycles. The Bertz CT molecular complexity index is 522. The van der Waals surface area contributed by atoms with Crippen LogP contribution in [0.4, 0.5) is 5.69 Å². The van der Waals surface area contributed by atoms with E-state index in [1.807, 2.05) is 20.8 Å². The quantitative estimate of drug-likeness (QED) is 0.752. The van der Waals surface area contributed by atoms with Crippen LogP contribution in [-0.2, 0) is 4.79 Å². The standard InChI is InChI=1S/C17H26N2O2/c1-5-6-7-10-17(3,4)16(21)19-14-11-13(15(18)20)9-8-12(14)2/h8-9,11H,5-7,10H2,1-4H3,(H2,18,20)(H,19,21). The van der Waals surface area contributed by atoms with Crippen LogP contribution in [0.25, 0.3) is 0 Å². The minimum Gasteiger partial charge on any atom is -0.366 e. The van der Waals surface area contributed by atoms with Crippen LogP contribution in [0.3, 0.4) is 0 Å². The van der Waals surface area contributed by atoms with Gasteiger partial charge < -0.3 is 11.1 Å². The van der Waals surface area contributed by atoms with Gasteiger partial charge in [0.15, 0.2) is 0 Å². The summed E-state index contributed by atoms with van der Waals surface area (Å²) in [6.45, 7) is 7.94. The zero-order valence-electron chi connectivity index (χ0n) is 13.5. The summed E-state index contributed by atoms with van der Waals surface area (Å²) >= 11 is 0. The van der Waals surface area contributed by atoms with Gasteiger partial charge in [-0.1, -0.05) is 46.1 Å². The zero-order valence-corrected chi connectivity index (χ0v) is 13.5. The molecule has 0 saturated heterocycles. The molecule has 0 unspecified atom stereocenters. The minimum absolute atomic E-state index is 0.0247. The zero-order chi connectivity index (χ0) is 16.0. The first-order valence-corrected chi connectivity index (χ1v) is 7.50. The van der Waals surface area contributed by atoms with E-state index < -0.39 is 11.3 Å². The fraction of sp³-hybridized carbons (Fsp3) is 0.529. The lowest BCUT2D eigenvalue weighted by Crippen LogP contribution is -2.31. The average molecular weight is 290 g/mol. The molecule has 0 fully saturated rings. The molecule has 21 heavy (non-hydrogen) atoms. The van der Waals surface area contributed by atoms with Gasteiger partial charge in [-0.25, -0.2) is 0 Å². The van der Waals surface area contributed by atoms with Crippen LogP contribution in [0.2, 0.25) is 0 Å². The number of carbonyl (C=O) groups excluding carboxylic acids is 2. The number of nitrogens with two attached hydrogens (primary N) is 1. The second kappa shape index (κ2) is 7.25. The fourth-order valence-corrected chi connectivity index (χ4v) is 2.13. The van der Waals surface area contributed by atoms with E-state index >= 15 is 0 Å². The molecule has 1 aromatic rings. The highest BCUT2D eigenvalue weighted by molar-refractivity contribution is 5.98. The number of nitrogens with one attached hydrogen (secondary N) is 1. The van der Waals surface area contributed by atoms with E-state index in [1.165, 1.54) is 0 Å². The van der Waals surface area contributed by atoms with E-state index in [0.717, 1.165) is 31.2 Å². The number of aryl methyl sites for hydroxylation is 1. The molecule has 4 nitrogen and oxygen atoms in total. The third-order valence-electron chi connectivity index (χ3n) is 3.79. The predicted molar refractivity (Wildman–Crippen MR) is 86.2 cm³/mol. The van der Waals surface area contributed by atoms with Crippen molar-refractivity contribution in [3.63, 3.8) is 0 Å². The topological polar surface area (TPSA) is 72.2 Å². The lowest BCUT2D eigenvalue weighted by atomic mass is 9.85. The molecule has 0 saturated carbocycles. The molecular weight excluding hydrogens is 264 g/mol. The van der Waals surface area contributed by atoms with Crippen molar-refractivity contribution in [2.75, 3.05) is 5.32 Å². The summed E-state index contributed by atoms with van der Waals surface area (Å²) in [5.41, 5.74) is 6.82. The van der Waals surface area contributed by atoms with Crippen LogP contribution in [0, 0.1) is 12.3 Å². The SMILES string of the molecule is CCCCCC(C)(C)C(=O)Nc1cc(C(N)=O)ccc1C. The summed E-state index contributed by atoms with van der Waals surface area (Å²) < 4.78 is 0. The molecule has 1 aromatic carbocycles. The Morgan fingerprint density at radius 3 is 2.48 bits per heavy atom. The maximum atomic E-state index is 12.4. The molecule has 4 heteroatoms. The van der Waals surface area contributed by atoms with Gasteiger partial charge in [0, 0.05) is 16.7 Å². The van der Waals surface area contributed by atoms with Gasteiger partial charge in [-0.3, -0.25) is 9.59 Å². The summed E-state index contributed by atoms with van der Waals surface area (Å²) in [7, 11) is 0. The maximum Gasteiger partial charge on any atom is 0.248 e. The molecule has 0 aliphatic carbocycles. The molecule has 0 radical (unpaired) electrons. The van der Waals surface area contributed by atoms with Crippen molar-refractivity contribution in [1.29, 1.82) is 0 Å². The highest BCUT2D eigenvalue weighted by atomic mass is 16.2. The molecule has 0 spiro atoms. The molecular formula is C17H26N2O2. The molecule has 0 bridgehead atoms. The molecule has 0 aliphatic rings. The average Bonchev–Trinajstić information content (AvgIpc) is 2.41. The maximum absolute atomic E-state index is 12.4. The number of hydrogen-bond acceptors (Lipinski definition) is 2. The van der Waals surface area contributed by atoms with Crippen LogP contribution >= 0.6 is 0 Å². The van der Waals surface area contributed by atoms with E-state index in [2.05, 4.69) is 12.2 Å². The first-order chi connectivity index (χ1) is 9.77. The van der Waals surface area contributed by atoms with Crippen molar-refractivity contribution in [3.8, 4) is 0 Å². The third-order valence-corrected chi connectivity index (χ3v) is 3.79. The smallest absolute Gasteiger partial charge is 0.248 e. The van der Waals surface area contributed by atoms with Gasteiger partial charge in [0.05, 0.1) is 0 Å². The van der Waals surface area contributed by atoms with Gasteiger partial charge in [0.1, 0.15) is 0 Å². The van der Waals surface area contributed by atoms with Crippen molar-refractivity contribution in [1.82, 2.24) is 0 Å². The molecule has 0 aliphatic heterocycles. The fourth-order valence-electron chi connectivity index (χ4n) is 2.13. The van der Waals surface area contributed by atoms with E-state index in [9.17, 15) is 9.59 Å². The third kappa shape index (κ3) is 4.88. The molecule has 2 amide bonds. The van der Waals surface area contributed by atoms with Gasteiger partial charge in [0.2, 0.25) is 11.8 Å². The Morgan fingerprint density at radius 1 is 1.24 bits per heavy atom. The van der Waals surface area contributed by atoms with Gasteiger partial charge in [-0.05, 0) is 31.0 Å². The van der Waals surface area contributed by atoms with Gasteiger partial charge >= 0.3 is 0 Å². The molecule has 116 valence electrons. The number of unbranched alkanes of at least 4 members (excludes halogenated alkanes) is 2. The van der Waals surface area contributed by atoms with Crippen LogP contribution in [0.1, 0.15) is 62.4 Å². The summed E-state index contributed by atoms with van der Waals surface area (Å²) in [4.78, 5) is 23.7. The Kier molecular flexibility index (Phi) is 5.94. The van der Waals surface area contributed by atoms with Crippen LogP contribution in [0.5, 0.6) is 0 Å². The highest BCUT2D eigenvalue weighted by Gasteiger charge is 2.27. The minimum atomic E-state index is -0.493. The number of anilines is 1. The van der Waals surface area contributed by atoms with E-state index in [1.54, 1.807) is 18.2 Å². The first kappa shape index (κ1) is 17.2. The number of primary amides is 1. The predicted octanol–water partition coefficient (Wildman–Crippen LogP) is 3.64. The van der Waals surface area contributed by atoms with E-state index in [0.29, 0.717) is 11.3 Å². The second-order valence-electron chi connectivity index (χ2n) is 6.19. The summed E-state index contributed by atoms with van der Waals surface area (Å²) in [5, 5.41) is 2.93. The van der Waals surface area contributed by atoms with Crippen molar-refractivity contribution in [2.45, 2.75) is 53.4 Å². The van der Waals surface area contributed by atoms with Crippen LogP contribution in [0.15, 0.2) is 18.2 Å². The summed E-state index contributed by atoms with van der Waals surface area (Å²) in [5.74, 6) is -0.518. The second-order valence-corrected chi connectivity index (χ2v) is 6.19. The van der Waals surface area contributed by atoms with Crippen molar-refractivity contribution in [2.24, 2.45) is 11.1 Å². The number of rotatable bonds is 7. The lowest BCUT2D eigenvalue weighted by molar-refractivity contribution is -0.124. The van der Waals surface area contributed by atoms with Crippen LogP contribution < -0.4 is 11.1 Å². The van der Waals surface area contributed by atoms with Gasteiger partial charge in [-0.15, -0.1) is 0 Å². The number of amides is 2. The number of benzene rings is 1. The number of hydrogen-bond donors (Lipinski definition) is 2. The normalized spacial score (nSPS) is 11.2. The van der Waals surface area contributed by atoms with Crippen LogP contribution in [-0.4, -0.2) is 11.8 Å². The summed E-state index contributed by atoms with van der Waals surface area (Å²) in [6.07, 6.45) is 4.16. The van der Waals surface area contributed by atoms with Gasteiger partial charge in [-0.2, -0.15) is 0 Å². The van der Waals surface area contributed by atoms with Crippen molar-refractivity contribution >= 4 is 17.5 Å². The Balaban J connectivity index is 2.82. The summed E-state index contributed by atoms with van der Waals surface area (Å²) in [6, 6.07) is 5.09. The van der Waals surface area contributed by atoms with Crippen molar-refractivity contribution < 1.29 is 9.59 Å². The van der Waals surface area contributed by atoms with E-state index in [-0.39, 0.29) is 5.91 Å². The monoisotopic (exact) mass is 290 g/mol. The van der Waals surface area contributed by atoms with Gasteiger partial charge in [0.25, 0.3) is 0 Å². The Hall–Kier alpha value is -1.84. The number of carbonyl (C=O) groups is 2. The Morgan fingerprint density at radius 2 is 1.90 bits per heavy atom. The Labute approximate surface area is 127 Å². The molecule has 0 atom stereocenters. The van der Waals surface area contributed by atoms with E-state index in [4.69, 9.17) is 5.73 Å². The van der Waals surface area contributed by atoms with Crippen molar-refractivity contribution in [3.05, 3.63) is 29.3 Å². The highest BCUT2D eigenvalue weighted by Crippen LogP contribution is 2.27.